The average Bonchev–Trinajstić information content (AvgIpc) is 2.88. The monoisotopic (exact) mass is 522 g/mol. The number of nitrogens with one attached hydrogen (secondary N) is 2. The van der Waals surface area contributed by atoms with Crippen LogP contribution in [0, 0.1) is 11.8 Å². The van der Waals surface area contributed by atoms with Crippen molar-refractivity contribution >= 4 is 6.09 Å². The van der Waals surface area contributed by atoms with Gasteiger partial charge in [-0.2, -0.15) is 0 Å². The number of carbonyl (C=O) groups excluding carboxylic acids is 1. The number of ether oxygens (including phenoxy) is 1. The van der Waals surface area contributed by atoms with Gasteiger partial charge in [-0.15, -0.1) is 0 Å². The highest BCUT2D eigenvalue weighted by Crippen LogP contribution is 2.20. The van der Waals surface area contributed by atoms with E-state index >= 15 is 0 Å². The van der Waals surface area contributed by atoms with Gasteiger partial charge in [0, 0.05) is 38.3 Å². The van der Waals surface area contributed by atoms with Gasteiger partial charge >= 0.3 is 6.09 Å². The van der Waals surface area contributed by atoms with Crippen LogP contribution in [0.15, 0.2) is 60.7 Å². The van der Waals surface area contributed by atoms with Crippen molar-refractivity contribution in [2.75, 3.05) is 33.2 Å². The van der Waals surface area contributed by atoms with E-state index in [2.05, 4.69) is 95.9 Å². The largest absolute Gasteiger partial charge is 0.444 e. The normalized spacial score (nSPS) is 24.7. The van der Waals surface area contributed by atoms with E-state index in [-0.39, 0.29) is 12.1 Å². The summed E-state index contributed by atoms with van der Waals surface area (Å²) in [5, 5.41) is 6.47. The third kappa shape index (κ3) is 10.4. The van der Waals surface area contributed by atoms with Crippen molar-refractivity contribution in [3.63, 3.8) is 0 Å². The smallest absolute Gasteiger partial charge is 0.407 e. The Morgan fingerprint density at radius 1 is 0.816 bits per heavy atom. The number of carbonyl (C=O) groups is 1. The minimum atomic E-state index is -0.453. The molecule has 0 aliphatic carbocycles. The minimum absolute atomic E-state index is 0.146. The van der Waals surface area contributed by atoms with E-state index in [1.165, 1.54) is 30.6 Å². The zero-order valence-electron chi connectivity index (χ0n) is 24.5. The molecule has 2 N–H and O–H groups in total. The molecule has 210 valence electrons. The van der Waals surface area contributed by atoms with E-state index in [1.54, 1.807) is 0 Å². The third-order valence-electron chi connectivity index (χ3n) is 7.66. The molecule has 2 aromatic rings. The van der Waals surface area contributed by atoms with Gasteiger partial charge in [0.05, 0.1) is 0 Å². The van der Waals surface area contributed by atoms with Gasteiger partial charge in [-0.3, -0.25) is 9.80 Å². The lowest BCUT2D eigenvalue weighted by molar-refractivity contribution is 0.0433. The first kappa shape index (κ1) is 30.1. The molecule has 0 unspecified atom stereocenters. The Balaban J connectivity index is 0.000000221. The van der Waals surface area contributed by atoms with Crippen molar-refractivity contribution in [3.05, 3.63) is 71.8 Å². The molecule has 38 heavy (non-hydrogen) atoms. The van der Waals surface area contributed by atoms with Gasteiger partial charge in [0.2, 0.25) is 0 Å². The van der Waals surface area contributed by atoms with E-state index in [9.17, 15) is 4.79 Å². The SMILES string of the molecule is CN[C@H]1CN(Cc2ccccc2)CC[C@H]1C.C[C@@H]1CCN(Cc2ccccc2)C[C@@H]1NC(=O)OC(C)(C)C. The molecule has 4 atom stereocenters. The summed E-state index contributed by atoms with van der Waals surface area (Å²) in [6.07, 6.45) is 2.08. The number of hydrogen-bond donors (Lipinski definition) is 2. The number of likely N-dealkylation sites (tertiary alicyclic amines) is 2. The highest BCUT2D eigenvalue weighted by Gasteiger charge is 2.29. The molecule has 0 saturated carbocycles. The molecule has 0 spiro atoms. The first-order valence-electron chi connectivity index (χ1n) is 14.3. The zero-order valence-corrected chi connectivity index (χ0v) is 24.5. The Morgan fingerprint density at radius 3 is 1.71 bits per heavy atom. The Labute approximate surface area is 231 Å². The minimum Gasteiger partial charge on any atom is -0.444 e. The summed E-state index contributed by atoms with van der Waals surface area (Å²) in [6, 6.07) is 22.0. The molecular formula is C32H50N4O2. The lowest BCUT2D eigenvalue weighted by Gasteiger charge is -2.37. The Morgan fingerprint density at radius 2 is 1.26 bits per heavy atom. The van der Waals surface area contributed by atoms with Crippen LogP contribution in [0.2, 0.25) is 0 Å². The first-order valence-corrected chi connectivity index (χ1v) is 14.3. The van der Waals surface area contributed by atoms with Crippen molar-refractivity contribution in [2.45, 2.75) is 78.2 Å². The quantitative estimate of drug-likeness (QED) is 0.522. The van der Waals surface area contributed by atoms with Crippen LogP contribution in [-0.4, -0.2) is 66.8 Å². The van der Waals surface area contributed by atoms with Crippen LogP contribution >= 0.6 is 0 Å². The lowest BCUT2D eigenvalue weighted by atomic mass is 9.93. The number of nitrogens with zero attached hydrogens (tertiary/aromatic N) is 2. The van der Waals surface area contributed by atoms with Gasteiger partial charge in [0.1, 0.15) is 5.60 Å². The fraction of sp³-hybridized carbons (Fsp3) is 0.594. The number of piperidine rings is 2. The highest BCUT2D eigenvalue weighted by molar-refractivity contribution is 5.68. The molecule has 1 amide bonds. The number of alkyl carbamates (subject to hydrolysis) is 1. The van der Waals surface area contributed by atoms with Crippen LogP contribution in [0.3, 0.4) is 0 Å². The van der Waals surface area contributed by atoms with Crippen molar-refractivity contribution < 1.29 is 9.53 Å². The van der Waals surface area contributed by atoms with Crippen LogP contribution in [0.25, 0.3) is 0 Å². The van der Waals surface area contributed by atoms with E-state index in [1.807, 2.05) is 26.8 Å². The molecule has 4 rings (SSSR count). The van der Waals surface area contributed by atoms with Crippen LogP contribution in [0.4, 0.5) is 4.79 Å². The summed E-state index contributed by atoms with van der Waals surface area (Å²) in [5.74, 6) is 1.27. The van der Waals surface area contributed by atoms with Crippen LogP contribution in [-0.2, 0) is 17.8 Å². The standard InChI is InChI=1S/C18H28N2O2.C14H22N2/c1-14-10-11-20(12-15-8-6-5-7-9-15)13-16(14)19-17(21)22-18(2,3)4;1-12-8-9-16(11-14(12)15-2)10-13-6-4-3-5-7-13/h5-9,14,16H,10-13H2,1-4H3,(H,19,21);3-7,12,14-15H,8-11H2,1-2H3/t14-,16+;12-,14+/m11/s1. The first-order chi connectivity index (χ1) is 18.1. The van der Waals surface area contributed by atoms with Crippen molar-refractivity contribution in [1.82, 2.24) is 20.4 Å². The molecule has 0 radical (unpaired) electrons. The van der Waals surface area contributed by atoms with Gasteiger partial charge in [0.25, 0.3) is 0 Å². The summed E-state index contributed by atoms with van der Waals surface area (Å²) < 4.78 is 5.37. The van der Waals surface area contributed by atoms with E-state index < -0.39 is 5.60 Å². The van der Waals surface area contributed by atoms with E-state index in [0.717, 1.165) is 38.5 Å². The number of hydrogen-bond acceptors (Lipinski definition) is 5. The maximum absolute atomic E-state index is 12.0. The van der Waals surface area contributed by atoms with E-state index in [4.69, 9.17) is 4.74 Å². The summed E-state index contributed by atoms with van der Waals surface area (Å²) in [7, 11) is 2.08. The van der Waals surface area contributed by atoms with Crippen LogP contribution in [0.5, 0.6) is 0 Å². The van der Waals surface area contributed by atoms with Gasteiger partial charge < -0.3 is 15.4 Å². The van der Waals surface area contributed by atoms with Gasteiger partial charge in [0.15, 0.2) is 0 Å². The van der Waals surface area contributed by atoms with Gasteiger partial charge in [-0.05, 0) is 76.7 Å². The number of likely N-dealkylation sites (N-methyl/N-ethyl adjacent to an activating group) is 1. The molecule has 2 saturated heterocycles. The fourth-order valence-electron chi connectivity index (χ4n) is 5.27. The molecular weight excluding hydrogens is 472 g/mol. The maximum Gasteiger partial charge on any atom is 0.407 e. The summed E-state index contributed by atoms with van der Waals surface area (Å²) in [6.45, 7) is 16.6. The Hall–Kier alpha value is -2.41. The number of amides is 1. The summed E-state index contributed by atoms with van der Waals surface area (Å²) in [5.41, 5.74) is 2.28. The average molecular weight is 523 g/mol. The Bertz CT molecular complexity index is 947. The molecule has 2 aliphatic rings. The molecule has 6 heteroatoms. The predicted octanol–water partition coefficient (Wildman–Crippen LogP) is 5.54. The molecule has 6 nitrogen and oxygen atoms in total. The summed E-state index contributed by atoms with van der Waals surface area (Å²) >= 11 is 0. The Kier molecular flexibility index (Phi) is 11.6. The van der Waals surface area contributed by atoms with Gasteiger partial charge in [-0.1, -0.05) is 74.5 Å². The number of rotatable bonds is 6. The highest BCUT2D eigenvalue weighted by atomic mass is 16.6. The van der Waals surface area contributed by atoms with Crippen LogP contribution in [0.1, 0.15) is 58.6 Å². The molecule has 2 aliphatic heterocycles. The third-order valence-corrected chi connectivity index (χ3v) is 7.66. The topological polar surface area (TPSA) is 56.8 Å². The second-order valence-corrected chi connectivity index (χ2v) is 12.1. The second-order valence-electron chi connectivity index (χ2n) is 12.1. The summed E-state index contributed by atoms with van der Waals surface area (Å²) in [4.78, 5) is 16.9. The molecule has 2 aromatic carbocycles. The molecule has 2 fully saturated rings. The van der Waals surface area contributed by atoms with Crippen molar-refractivity contribution in [3.8, 4) is 0 Å². The zero-order chi connectivity index (χ0) is 27.5. The van der Waals surface area contributed by atoms with Crippen LogP contribution < -0.4 is 10.6 Å². The molecule has 2 heterocycles. The number of benzene rings is 2. The molecule has 0 aromatic heterocycles. The molecule has 0 bridgehead atoms. The maximum atomic E-state index is 12.0. The lowest BCUT2D eigenvalue weighted by Crippen LogP contribution is -2.52. The van der Waals surface area contributed by atoms with Gasteiger partial charge in [-0.25, -0.2) is 4.79 Å². The van der Waals surface area contributed by atoms with Crippen molar-refractivity contribution in [1.29, 1.82) is 0 Å². The second kappa shape index (κ2) is 14.7. The predicted molar refractivity (Wildman–Crippen MR) is 157 cm³/mol. The van der Waals surface area contributed by atoms with E-state index in [0.29, 0.717) is 12.0 Å². The van der Waals surface area contributed by atoms with Crippen molar-refractivity contribution in [2.24, 2.45) is 11.8 Å². The fourth-order valence-corrected chi connectivity index (χ4v) is 5.27.